The maximum Gasteiger partial charge on any atom is 0.226 e. The van der Waals surface area contributed by atoms with Crippen LogP contribution in [0.15, 0.2) is 42.5 Å². The summed E-state index contributed by atoms with van der Waals surface area (Å²) in [4.78, 5) is 14.0. The van der Waals surface area contributed by atoms with E-state index in [9.17, 15) is 4.79 Å². The van der Waals surface area contributed by atoms with E-state index in [2.05, 4.69) is 30.3 Å². The highest BCUT2D eigenvalue weighted by atomic mass is 16.3. The normalized spacial score (nSPS) is 22.0. The van der Waals surface area contributed by atoms with E-state index in [-0.39, 0.29) is 24.5 Å². The molecular weight excluding hydrogens is 262 g/mol. The van der Waals surface area contributed by atoms with Crippen LogP contribution in [0, 0.1) is 5.92 Å². The number of carbonyl (C=O) groups is 1. The van der Waals surface area contributed by atoms with E-state index in [0.717, 1.165) is 6.42 Å². The quantitative estimate of drug-likeness (QED) is 0.937. The van der Waals surface area contributed by atoms with Crippen molar-refractivity contribution in [2.24, 2.45) is 5.92 Å². The summed E-state index contributed by atoms with van der Waals surface area (Å²) in [5.74, 6) is 0.551. The zero-order chi connectivity index (χ0) is 15.0. The predicted octanol–water partition coefficient (Wildman–Crippen LogP) is 2.78. The first-order valence-corrected chi connectivity index (χ1v) is 7.48. The number of aliphatic hydroxyl groups excluding tert-OH is 1. The summed E-state index contributed by atoms with van der Waals surface area (Å²) in [6, 6.07) is 14.6. The molecule has 1 N–H and O–H groups in total. The van der Waals surface area contributed by atoms with E-state index < -0.39 is 0 Å². The molecule has 3 nitrogen and oxygen atoms in total. The highest BCUT2D eigenvalue weighted by Crippen LogP contribution is 2.49. The number of rotatable bonds is 4. The first kappa shape index (κ1) is 14.1. The first-order chi connectivity index (χ1) is 10.1. The van der Waals surface area contributed by atoms with Crippen molar-refractivity contribution in [3.05, 3.63) is 48.0 Å². The third kappa shape index (κ3) is 2.66. The lowest BCUT2D eigenvalue weighted by atomic mass is 10.0. The van der Waals surface area contributed by atoms with Crippen molar-refractivity contribution in [2.45, 2.75) is 25.3 Å². The summed E-state index contributed by atoms with van der Waals surface area (Å²) < 4.78 is 0. The standard InChI is InChI=1S/C18H21NO2/c1-12(11-20)19(2)18(21)17-10-16(17)15-8-7-13-5-3-4-6-14(13)9-15/h3-9,12,16-17,20H,10-11H2,1-2H3. The van der Waals surface area contributed by atoms with Gasteiger partial charge in [-0.3, -0.25) is 4.79 Å². The van der Waals surface area contributed by atoms with E-state index in [1.807, 2.05) is 19.1 Å². The first-order valence-electron chi connectivity index (χ1n) is 7.48. The Bertz CT molecular complexity index is 667. The number of hydrogen-bond donors (Lipinski definition) is 1. The van der Waals surface area contributed by atoms with Gasteiger partial charge in [0.2, 0.25) is 5.91 Å². The zero-order valence-corrected chi connectivity index (χ0v) is 12.5. The van der Waals surface area contributed by atoms with Crippen LogP contribution in [0.3, 0.4) is 0 Å². The summed E-state index contributed by atoms with van der Waals surface area (Å²) in [6.45, 7) is 1.88. The molecule has 0 spiro atoms. The lowest BCUT2D eigenvalue weighted by molar-refractivity contribution is -0.133. The summed E-state index contributed by atoms with van der Waals surface area (Å²) in [5.41, 5.74) is 1.25. The molecule has 1 fully saturated rings. The van der Waals surface area contributed by atoms with Gasteiger partial charge in [-0.05, 0) is 35.6 Å². The third-order valence-electron chi connectivity index (χ3n) is 4.58. The molecule has 2 aromatic carbocycles. The molecule has 1 aliphatic rings. The predicted molar refractivity (Wildman–Crippen MR) is 84.1 cm³/mol. The Balaban J connectivity index is 1.75. The number of aliphatic hydroxyl groups is 1. The number of likely N-dealkylation sites (N-methyl/N-ethyl adjacent to an activating group) is 1. The monoisotopic (exact) mass is 283 g/mol. The molecule has 0 bridgehead atoms. The zero-order valence-electron chi connectivity index (χ0n) is 12.5. The Morgan fingerprint density at radius 1 is 1.29 bits per heavy atom. The molecule has 0 aliphatic heterocycles. The van der Waals surface area contributed by atoms with Crippen LogP contribution in [0.5, 0.6) is 0 Å². The Morgan fingerprint density at radius 2 is 2.00 bits per heavy atom. The molecule has 1 amide bonds. The van der Waals surface area contributed by atoms with Crippen LogP contribution in [0.2, 0.25) is 0 Å². The SMILES string of the molecule is CC(CO)N(C)C(=O)C1CC1c1ccc2ccccc2c1. The number of carbonyl (C=O) groups excluding carboxylic acids is 1. The lowest BCUT2D eigenvalue weighted by Crippen LogP contribution is -2.38. The molecule has 21 heavy (non-hydrogen) atoms. The van der Waals surface area contributed by atoms with E-state index in [1.54, 1.807) is 11.9 Å². The van der Waals surface area contributed by atoms with Crippen molar-refractivity contribution in [3.63, 3.8) is 0 Å². The largest absolute Gasteiger partial charge is 0.394 e. The minimum absolute atomic E-state index is 0.00953. The van der Waals surface area contributed by atoms with Gasteiger partial charge in [-0.1, -0.05) is 42.5 Å². The highest BCUT2D eigenvalue weighted by Gasteiger charge is 2.45. The van der Waals surface area contributed by atoms with Crippen LogP contribution in [0.1, 0.15) is 24.8 Å². The van der Waals surface area contributed by atoms with Gasteiger partial charge in [0.15, 0.2) is 0 Å². The molecule has 3 unspecified atom stereocenters. The second-order valence-electron chi connectivity index (χ2n) is 6.04. The van der Waals surface area contributed by atoms with Crippen molar-refractivity contribution in [1.29, 1.82) is 0 Å². The van der Waals surface area contributed by atoms with Crippen molar-refractivity contribution in [3.8, 4) is 0 Å². The number of benzene rings is 2. The van der Waals surface area contributed by atoms with Crippen LogP contribution in [0.25, 0.3) is 10.8 Å². The lowest BCUT2D eigenvalue weighted by Gasteiger charge is -2.23. The van der Waals surface area contributed by atoms with E-state index in [0.29, 0.717) is 5.92 Å². The van der Waals surface area contributed by atoms with Crippen LogP contribution in [0.4, 0.5) is 0 Å². The minimum Gasteiger partial charge on any atom is -0.394 e. The maximum absolute atomic E-state index is 12.4. The summed E-state index contributed by atoms with van der Waals surface area (Å²) in [6.07, 6.45) is 0.916. The van der Waals surface area contributed by atoms with Gasteiger partial charge in [0.25, 0.3) is 0 Å². The van der Waals surface area contributed by atoms with Crippen LogP contribution >= 0.6 is 0 Å². The molecule has 1 aliphatic carbocycles. The average molecular weight is 283 g/mol. The van der Waals surface area contributed by atoms with Gasteiger partial charge in [-0.15, -0.1) is 0 Å². The summed E-state index contributed by atoms with van der Waals surface area (Å²) >= 11 is 0. The molecule has 1 saturated carbocycles. The molecule has 3 heteroatoms. The van der Waals surface area contributed by atoms with Crippen LogP contribution < -0.4 is 0 Å². The van der Waals surface area contributed by atoms with Gasteiger partial charge >= 0.3 is 0 Å². The van der Waals surface area contributed by atoms with E-state index in [4.69, 9.17) is 5.11 Å². The summed E-state index contributed by atoms with van der Waals surface area (Å²) in [7, 11) is 1.78. The van der Waals surface area contributed by atoms with E-state index >= 15 is 0 Å². The van der Waals surface area contributed by atoms with Gasteiger partial charge in [-0.2, -0.15) is 0 Å². The maximum atomic E-state index is 12.4. The van der Waals surface area contributed by atoms with Crippen molar-refractivity contribution < 1.29 is 9.90 Å². The molecule has 0 saturated heterocycles. The Labute approximate surface area is 125 Å². The Hall–Kier alpha value is -1.87. The number of fused-ring (bicyclic) bond motifs is 1. The van der Waals surface area contributed by atoms with Crippen LogP contribution in [-0.2, 0) is 4.79 Å². The van der Waals surface area contributed by atoms with Gasteiger partial charge < -0.3 is 10.0 Å². The molecule has 3 atom stereocenters. The average Bonchev–Trinajstić information content (AvgIpc) is 3.32. The van der Waals surface area contributed by atoms with Gasteiger partial charge in [-0.25, -0.2) is 0 Å². The molecular formula is C18H21NO2. The van der Waals surface area contributed by atoms with Gasteiger partial charge in [0.05, 0.1) is 12.6 Å². The molecule has 3 rings (SSSR count). The van der Waals surface area contributed by atoms with Gasteiger partial charge in [0.1, 0.15) is 0 Å². The fourth-order valence-corrected chi connectivity index (χ4v) is 2.88. The second-order valence-corrected chi connectivity index (χ2v) is 6.04. The Kier molecular flexibility index (Phi) is 3.68. The van der Waals surface area contributed by atoms with Crippen molar-refractivity contribution in [1.82, 2.24) is 4.90 Å². The number of hydrogen-bond acceptors (Lipinski definition) is 2. The number of amides is 1. The topological polar surface area (TPSA) is 40.5 Å². The molecule has 0 aromatic heterocycles. The minimum atomic E-state index is -0.115. The highest BCUT2D eigenvalue weighted by molar-refractivity contribution is 5.85. The second kappa shape index (κ2) is 5.49. The smallest absolute Gasteiger partial charge is 0.226 e. The fourth-order valence-electron chi connectivity index (χ4n) is 2.88. The summed E-state index contributed by atoms with van der Waals surface area (Å²) in [5, 5.41) is 11.6. The molecule has 0 heterocycles. The van der Waals surface area contributed by atoms with Crippen molar-refractivity contribution >= 4 is 16.7 Å². The Morgan fingerprint density at radius 3 is 2.71 bits per heavy atom. The third-order valence-corrected chi connectivity index (χ3v) is 4.58. The molecule has 2 aromatic rings. The van der Waals surface area contributed by atoms with Crippen LogP contribution in [-0.4, -0.2) is 35.6 Å². The molecule has 0 radical (unpaired) electrons. The fraction of sp³-hybridized carbons (Fsp3) is 0.389. The number of nitrogens with zero attached hydrogens (tertiary/aromatic N) is 1. The molecule has 110 valence electrons. The van der Waals surface area contributed by atoms with Gasteiger partial charge in [0, 0.05) is 13.0 Å². The van der Waals surface area contributed by atoms with E-state index in [1.165, 1.54) is 16.3 Å². The van der Waals surface area contributed by atoms with Crippen molar-refractivity contribution in [2.75, 3.05) is 13.7 Å².